The molecule has 0 spiro atoms. The smallest absolute Gasteiger partial charge is 0.326 e. The Morgan fingerprint density at radius 2 is 1.00 bits per heavy atom. The van der Waals surface area contributed by atoms with Crippen molar-refractivity contribution in [1.82, 2.24) is 47.9 Å². The molecule has 0 saturated carbocycles. The minimum absolute atomic E-state index is 0.0331. The molecule has 0 saturated heterocycles. The molecule has 77 heavy (non-hydrogen) atoms. The predicted molar refractivity (Wildman–Crippen MR) is 275 cm³/mol. The number of carbonyl (C=O) groups is 12. The van der Waals surface area contributed by atoms with Gasteiger partial charge in [-0.2, -0.15) is 0 Å². The molecule has 1 rings (SSSR count). The topological polar surface area (TPSA) is 516 Å². The maximum absolute atomic E-state index is 14.3. The van der Waals surface area contributed by atoms with Gasteiger partial charge in [0.1, 0.15) is 54.1 Å². The zero-order chi connectivity index (χ0) is 58.9. The van der Waals surface area contributed by atoms with Gasteiger partial charge < -0.3 is 91.8 Å². The van der Waals surface area contributed by atoms with Crippen LogP contribution in [0.1, 0.15) is 86.1 Å². The zero-order valence-corrected chi connectivity index (χ0v) is 44.2. The van der Waals surface area contributed by atoms with Gasteiger partial charge in [-0.15, -0.1) is 0 Å². The molecule has 30 nitrogen and oxygen atoms in total. The van der Waals surface area contributed by atoms with Crippen LogP contribution in [0, 0.1) is 17.8 Å². The lowest BCUT2D eigenvalue weighted by Gasteiger charge is -2.30. The van der Waals surface area contributed by atoms with Crippen LogP contribution < -0.4 is 76.5 Å². The van der Waals surface area contributed by atoms with Crippen molar-refractivity contribution in [2.45, 2.75) is 141 Å². The number of nitrogens with two attached hydrogens (primary N) is 5. The van der Waals surface area contributed by atoms with Gasteiger partial charge in [-0.25, -0.2) is 4.79 Å². The van der Waals surface area contributed by atoms with Gasteiger partial charge in [0.2, 0.25) is 65.0 Å². The monoisotopic (exact) mass is 1090 g/mol. The summed E-state index contributed by atoms with van der Waals surface area (Å²) in [5, 5.41) is 51.6. The number of benzene rings is 1. The fourth-order valence-corrected chi connectivity index (χ4v) is 7.12. The van der Waals surface area contributed by atoms with Crippen molar-refractivity contribution >= 4 is 76.9 Å². The second kappa shape index (κ2) is 33.0. The SMILES string of the molecule is CC[C@H](C)[C@H](NC(=O)CNC(=O)CN)C(=O)N[C@@H](Cc1ccc(O)cc1)C(=O)N[C@@H](CCCN=C(N)N)C(=O)N[C@H](C(=O)N[C@@H](CC(N)=O)C(=O)N[C@H](C(=O)N[C@H](C(=O)N[C@@H](CC(N)=O)C(=O)O)C(C)C)[C@@H](C)O)C(C)C. The number of nitrogens with one attached hydrogen (secondary N) is 9. The lowest BCUT2D eigenvalue weighted by molar-refractivity contribution is -0.144. The molecule has 11 amide bonds. The van der Waals surface area contributed by atoms with Gasteiger partial charge >= 0.3 is 5.97 Å². The van der Waals surface area contributed by atoms with Crippen LogP contribution in [0.5, 0.6) is 5.75 Å². The van der Waals surface area contributed by atoms with E-state index in [1.165, 1.54) is 52.0 Å². The molecule has 0 bridgehead atoms. The molecule has 10 atom stereocenters. The molecular formula is C47H77N15O15. The van der Waals surface area contributed by atoms with Crippen LogP contribution in [0.25, 0.3) is 0 Å². The number of guanidine groups is 1. The molecule has 0 aliphatic rings. The highest BCUT2D eigenvalue weighted by Gasteiger charge is 2.38. The van der Waals surface area contributed by atoms with Crippen molar-refractivity contribution in [3.05, 3.63) is 29.8 Å². The number of carbonyl (C=O) groups excluding carboxylic acids is 11. The summed E-state index contributed by atoms with van der Waals surface area (Å²) in [6.45, 7) is 9.52. The molecule has 22 N–H and O–H groups in total. The number of carboxylic acid groups (broad SMARTS) is 1. The average molecular weight is 1090 g/mol. The molecule has 0 heterocycles. The molecule has 0 aliphatic carbocycles. The first kappa shape index (κ1) is 66.9. The largest absolute Gasteiger partial charge is 0.508 e. The second-order valence-electron chi connectivity index (χ2n) is 18.8. The van der Waals surface area contributed by atoms with Crippen LogP contribution in [0.3, 0.4) is 0 Å². The Kier molecular flexibility index (Phi) is 28.7. The molecular weight excluding hydrogens is 1010 g/mol. The van der Waals surface area contributed by atoms with E-state index in [9.17, 15) is 72.9 Å². The van der Waals surface area contributed by atoms with Crippen molar-refractivity contribution in [3.63, 3.8) is 0 Å². The molecule has 430 valence electrons. The number of rotatable bonds is 34. The first-order valence-electron chi connectivity index (χ1n) is 24.6. The van der Waals surface area contributed by atoms with Gasteiger partial charge in [0.15, 0.2) is 5.96 Å². The molecule has 0 aromatic heterocycles. The molecule has 1 aromatic carbocycles. The van der Waals surface area contributed by atoms with Crippen LogP contribution in [-0.2, 0) is 64.0 Å². The number of hydrogen-bond acceptors (Lipinski definition) is 16. The van der Waals surface area contributed by atoms with E-state index in [2.05, 4.69) is 52.8 Å². The van der Waals surface area contributed by atoms with Gasteiger partial charge in [-0.3, -0.25) is 57.7 Å². The second-order valence-corrected chi connectivity index (χ2v) is 18.8. The minimum Gasteiger partial charge on any atom is -0.508 e. The van der Waals surface area contributed by atoms with E-state index in [-0.39, 0.29) is 37.5 Å². The number of nitrogens with zero attached hydrogens (tertiary/aromatic N) is 1. The van der Waals surface area contributed by atoms with E-state index in [1.54, 1.807) is 13.8 Å². The number of primary amides is 2. The maximum Gasteiger partial charge on any atom is 0.326 e. The highest BCUT2D eigenvalue weighted by molar-refractivity contribution is 5.99. The van der Waals surface area contributed by atoms with Gasteiger partial charge in [0.25, 0.3) is 0 Å². The summed E-state index contributed by atoms with van der Waals surface area (Å²) in [6.07, 6.45) is -3.33. The Morgan fingerprint density at radius 1 is 0.558 bits per heavy atom. The van der Waals surface area contributed by atoms with E-state index in [4.69, 9.17) is 28.7 Å². The lowest BCUT2D eigenvalue weighted by Crippen LogP contribution is -2.63. The highest BCUT2D eigenvalue weighted by atomic mass is 16.4. The number of amides is 11. The maximum atomic E-state index is 14.3. The van der Waals surface area contributed by atoms with Crippen LogP contribution in [0.15, 0.2) is 29.3 Å². The number of phenols is 1. The third kappa shape index (κ3) is 24.4. The molecule has 1 aromatic rings. The first-order valence-corrected chi connectivity index (χ1v) is 24.6. The van der Waals surface area contributed by atoms with Crippen molar-refractivity contribution < 1.29 is 72.9 Å². The number of hydrogen-bond donors (Lipinski definition) is 17. The Bertz CT molecular complexity index is 2280. The van der Waals surface area contributed by atoms with Gasteiger partial charge in [0, 0.05) is 13.0 Å². The van der Waals surface area contributed by atoms with Crippen LogP contribution in [-0.4, -0.2) is 166 Å². The molecule has 0 fully saturated rings. The Hall–Kier alpha value is -8.15. The number of aliphatic hydroxyl groups excluding tert-OH is 1. The van der Waals surface area contributed by atoms with Crippen LogP contribution in [0.2, 0.25) is 0 Å². The van der Waals surface area contributed by atoms with E-state index >= 15 is 0 Å². The van der Waals surface area contributed by atoms with E-state index in [0.717, 1.165) is 6.92 Å². The number of aromatic hydroxyl groups is 1. The standard InChI is InChI=1S/C47H77N15O15/c1-8-23(6)37(59-34(68)20-54-33(67)19-48)44(74)56-28(16-25-11-13-26(64)14-12-25)40(70)55-27(10-9-15-53-47(51)52)39(69)60-35(21(2)3)42(72)57-29(17-31(49)65)41(71)62-38(24(7)63)45(75)61-36(22(4)5)43(73)58-30(46(76)77)18-32(50)66/h11-14,21-24,27-30,35-38,63-64H,8-10,15-20,48H2,1-7H3,(H2,49,65)(H2,50,66)(H,54,67)(H,55,70)(H,56,74)(H,57,72)(H,58,73)(H,59,68)(H,60,69)(H,61,75)(H,62,71)(H,76,77)(H4,51,52,53)/t23-,24+,27-,28-,29-,30-,35-,36-,37-,38-/m0/s1. The summed E-state index contributed by atoms with van der Waals surface area (Å²) in [5.41, 5.74) is 27.3. The highest BCUT2D eigenvalue weighted by Crippen LogP contribution is 2.15. The number of carboxylic acids is 1. The minimum atomic E-state index is -1.88. The first-order chi connectivity index (χ1) is 35.9. The number of aliphatic imine (C=N–C) groups is 1. The van der Waals surface area contributed by atoms with Crippen LogP contribution >= 0.6 is 0 Å². The van der Waals surface area contributed by atoms with Crippen molar-refractivity contribution in [3.8, 4) is 5.75 Å². The summed E-state index contributed by atoms with van der Waals surface area (Å²) >= 11 is 0. The molecule has 0 unspecified atom stereocenters. The Balaban J connectivity index is 3.58. The summed E-state index contributed by atoms with van der Waals surface area (Å²) in [4.78, 5) is 161. The Labute approximate surface area is 444 Å². The van der Waals surface area contributed by atoms with Crippen molar-refractivity contribution in [1.29, 1.82) is 0 Å². The normalized spacial score (nSPS) is 14.9. The predicted octanol–water partition coefficient (Wildman–Crippen LogP) is -6.48. The summed E-state index contributed by atoms with van der Waals surface area (Å²) in [5.74, 6) is -14.8. The van der Waals surface area contributed by atoms with Crippen LogP contribution in [0.4, 0.5) is 0 Å². The molecule has 0 aliphatic heterocycles. The quantitative estimate of drug-likeness (QED) is 0.0173. The average Bonchev–Trinajstić information content (AvgIpc) is 3.34. The van der Waals surface area contributed by atoms with E-state index in [1.807, 2.05) is 0 Å². The Morgan fingerprint density at radius 3 is 1.48 bits per heavy atom. The van der Waals surface area contributed by atoms with Crippen molar-refractivity contribution in [2.75, 3.05) is 19.6 Å². The number of aliphatic hydroxyl groups is 1. The van der Waals surface area contributed by atoms with E-state index in [0.29, 0.717) is 12.0 Å². The fourth-order valence-electron chi connectivity index (χ4n) is 7.12. The van der Waals surface area contributed by atoms with E-state index < -0.39 is 169 Å². The number of phenolic OH excluding ortho intramolecular Hbond substituents is 1. The summed E-state index contributed by atoms with van der Waals surface area (Å²) in [7, 11) is 0. The third-order valence-corrected chi connectivity index (χ3v) is 11.6. The number of aliphatic carboxylic acids is 1. The molecule has 0 radical (unpaired) electrons. The zero-order valence-electron chi connectivity index (χ0n) is 44.2. The summed E-state index contributed by atoms with van der Waals surface area (Å²) < 4.78 is 0. The third-order valence-electron chi connectivity index (χ3n) is 11.6. The van der Waals surface area contributed by atoms with Crippen molar-refractivity contribution in [2.24, 2.45) is 51.4 Å². The van der Waals surface area contributed by atoms with Gasteiger partial charge in [-0.1, -0.05) is 60.1 Å². The van der Waals surface area contributed by atoms with Gasteiger partial charge in [0.05, 0.1) is 32.0 Å². The van der Waals surface area contributed by atoms with Gasteiger partial charge in [-0.05, 0) is 55.2 Å². The molecule has 30 heteroatoms. The fraction of sp³-hybridized carbons (Fsp3) is 0.596. The lowest BCUT2D eigenvalue weighted by atomic mass is 9.97. The summed E-state index contributed by atoms with van der Waals surface area (Å²) in [6, 6.07) is -7.10.